The molecular weight excluding hydrogens is 431 g/mol. The van der Waals surface area contributed by atoms with E-state index in [4.69, 9.17) is 5.11 Å². The first kappa shape index (κ1) is 23.8. The Morgan fingerprint density at radius 2 is 1.88 bits per heavy atom. The SMILES string of the molecule is Cc1c(CNc2ccc(CCC(=O)O)c(F)c2)ccc2c1N(CC(O)c1ccccc1)CCC2. The summed E-state index contributed by atoms with van der Waals surface area (Å²) < 4.78 is 14.4. The molecule has 3 N–H and O–H groups in total. The van der Waals surface area contributed by atoms with E-state index in [1.165, 1.54) is 22.9 Å². The van der Waals surface area contributed by atoms with Crippen molar-refractivity contribution in [3.05, 3.63) is 94.3 Å². The maximum Gasteiger partial charge on any atom is 0.303 e. The third-order valence-corrected chi connectivity index (χ3v) is 6.54. The molecule has 5 nitrogen and oxygen atoms in total. The van der Waals surface area contributed by atoms with Crippen LogP contribution < -0.4 is 10.2 Å². The number of halogens is 1. The van der Waals surface area contributed by atoms with Gasteiger partial charge in [0.1, 0.15) is 5.82 Å². The molecular formula is C28H31FN2O3. The van der Waals surface area contributed by atoms with Crippen molar-refractivity contribution in [2.75, 3.05) is 23.3 Å². The summed E-state index contributed by atoms with van der Waals surface area (Å²) in [4.78, 5) is 13.0. The predicted octanol–water partition coefficient (Wildman–Crippen LogP) is 5.25. The van der Waals surface area contributed by atoms with Crippen LogP contribution in [0.5, 0.6) is 0 Å². The van der Waals surface area contributed by atoms with E-state index in [-0.39, 0.29) is 12.8 Å². The molecule has 0 bridgehead atoms. The van der Waals surface area contributed by atoms with Crippen LogP contribution in [0.2, 0.25) is 0 Å². The summed E-state index contributed by atoms with van der Waals surface area (Å²) in [6, 6.07) is 18.9. The number of nitrogens with one attached hydrogen (secondary N) is 1. The lowest BCUT2D eigenvalue weighted by atomic mass is 9.94. The van der Waals surface area contributed by atoms with Gasteiger partial charge in [-0.3, -0.25) is 4.79 Å². The van der Waals surface area contributed by atoms with Gasteiger partial charge in [0.15, 0.2) is 0 Å². The average Bonchev–Trinajstić information content (AvgIpc) is 2.83. The maximum absolute atomic E-state index is 14.4. The molecule has 1 unspecified atom stereocenters. The number of anilines is 2. The second-order valence-corrected chi connectivity index (χ2v) is 8.89. The normalized spacial score (nSPS) is 13.9. The zero-order valence-electron chi connectivity index (χ0n) is 19.4. The van der Waals surface area contributed by atoms with Gasteiger partial charge < -0.3 is 20.4 Å². The van der Waals surface area contributed by atoms with Crippen LogP contribution in [0.25, 0.3) is 0 Å². The number of β-amino-alcohol motifs (C(OH)–C–C–N with tert-alkyl or cyclic N) is 1. The number of nitrogens with zero attached hydrogens (tertiary/aromatic N) is 1. The highest BCUT2D eigenvalue weighted by molar-refractivity contribution is 5.67. The fourth-order valence-corrected chi connectivity index (χ4v) is 4.67. The quantitative estimate of drug-likeness (QED) is 0.405. The summed E-state index contributed by atoms with van der Waals surface area (Å²) in [7, 11) is 0. The molecule has 6 heteroatoms. The van der Waals surface area contributed by atoms with Crippen molar-refractivity contribution in [1.29, 1.82) is 0 Å². The van der Waals surface area contributed by atoms with Gasteiger partial charge in [0.05, 0.1) is 6.10 Å². The lowest BCUT2D eigenvalue weighted by Gasteiger charge is -2.35. The van der Waals surface area contributed by atoms with Crippen LogP contribution >= 0.6 is 0 Å². The number of aliphatic carboxylic acids is 1. The van der Waals surface area contributed by atoms with Crippen molar-refractivity contribution in [3.63, 3.8) is 0 Å². The standard InChI is InChI=1S/C28H31FN2O3/c1-19-23(17-30-24-13-11-20(25(29)16-24)12-14-27(33)34)10-9-22-8-5-15-31(28(19)22)18-26(32)21-6-3-2-4-7-21/h2-4,6-7,9-11,13,16,26,30,32H,5,8,12,14-15,17-18H2,1H3,(H,33,34). The Hall–Kier alpha value is -3.38. The molecule has 0 saturated carbocycles. The van der Waals surface area contributed by atoms with Gasteiger partial charge in [0.25, 0.3) is 0 Å². The Kier molecular flexibility index (Phi) is 7.48. The van der Waals surface area contributed by atoms with Gasteiger partial charge in [-0.2, -0.15) is 0 Å². The first-order valence-corrected chi connectivity index (χ1v) is 11.8. The molecule has 1 aliphatic heterocycles. The Bertz CT molecular complexity index is 1150. The van der Waals surface area contributed by atoms with Gasteiger partial charge in [-0.15, -0.1) is 0 Å². The number of carbonyl (C=O) groups is 1. The van der Waals surface area contributed by atoms with Crippen LogP contribution in [0.3, 0.4) is 0 Å². The zero-order valence-corrected chi connectivity index (χ0v) is 19.4. The zero-order chi connectivity index (χ0) is 24.1. The largest absolute Gasteiger partial charge is 0.481 e. The molecule has 0 aliphatic carbocycles. The number of carboxylic acids is 1. The topological polar surface area (TPSA) is 72.8 Å². The molecule has 1 heterocycles. The third kappa shape index (κ3) is 5.57. The lowest BCUT2D eigenvalue weighted by Crippen LogP contribution is -2.34. The van der Waals surface area contributed by atoms with E-state index in [1.807, 2.05) is 30.3 Å². The molecule has 0 spiro atoms. The van der Waals surface area contributed by atoms with E-state index in [9.17, 15) is 14.3 Å². The smallest absolute Gasteiger partial charge is 0.303 e. The highest BCUT2D eigenvalue weighted by Gasteiger charge is 2.23. The minimum atomic E-state index is -0.935. The molecule has 1 atom stereocenters. The molecule has 1 aliphatic rings. The van der Waals surface area contributed by atoms with Crippen LogP contribution in [-0.4, -0.2) is 29.3 Å². The average molecular weight is 463 g/mol. The number of carboxylic acid groups (broad SMARTS) is 1. The van der Waals surface area contributed by atoms with E-state index < -0.39 is 17.9 Å². The molecule has 4 rings (SSSR count). The Labute approximate surface area is 199 Å². The molecule has 0 amide bonds. The molecule has 3 aromatic carbocycles. The van der Waals surface area contributed by atoms with Crippen molar-refractivity contribution in [1.82, 2.24) is 0 Å². The van der Waals surface area contributed by atoms with Crippen LogP contribution in [-0.2, 0) is 24.2 Å². The van der Waals surface area contributed by atoms with Crippen LogP contribution in [0.15, 0.2) is 60.7 Å². The Morgan fingerprint density at radius 1 is 1.12 bits per heavy atom. The number of benzene rings is 3. The number of aliphatic hydroxyl groups excluding tert-OH is 1. The van der Waals surface area contributed by atoms with Gasteiger partial charge in [-0.25, -0.2) is 4.39 Å². The maximum atomic E-state index is 14.4. The van der Waals surface area contributed by atoms with E-state index in [2.05, 4.69) is 29.3 Å². The molecule has 34 heavy (non-hydrogen) atoms. The first-order valence-electron chi connectivity index (χ1n) is 11.8. The second kappa shape index (κ2) is 10.7. The summed E-state index contributed by atoms with van der Waals surface area (Å²) >= 11 is 0. The van der Waals surface area contributed by atoms with E-state index in [1.54, 1.807) is 12.1 Å². The highest BCUT2D eigenvalue weighted by atomic mass is 19.1. The molecule has 178 valence electrons. The van der Waals surface area contributed by atoms with Crippen LogP contribution in [0.4, 0.5) is 15.8 Å². The van der Waals surface area contributed by atoms with Crippen molar-refractivity contribution < 1.29 is 19.4 Å². The van der Waals surface area contributed by atoms with Gasteiger partial charge in [-0.1, -0.05) is 48.5 Å². The van der Waals surface area contributed by atoms with Crippen molar-refractivity contribution >= 4 is 17.3 Å². The summed E-state index contributed by atoms with van der Waals surface area (Å²) in [6.45, 7) is 4.09. The number of rotatable bonds is 9. The number of fused-ring (bicyclic) bond motifs is 1. The number of hydrogen-bond acceptors (Lipinski definition) is 4. The number of aryl methyl sites for hydroxylation is 2. The minimum absolute atomic E-state index is 0.0898. The lowest BCUT2D eigenvalue weighted by molar-refractivity contribution is -0.136. The molecule has 0 aromatic heterocycles. The fraction of sp³-hybridized carbons (Fsp3) is 0.321. The summed E-state index contributed by atoms with van der Waals surface area (Å²) in [5.41, 5.74) is 6.76. The second-order valence-electron chi connectivity index (χ2n) is 8.89. The van der Waals surface area contributed by atoms with Gasteiger partial charge >= 0.3 is 5.97 Å². The number of aliphatic hydroxyl groups is 1. The summed E-state index contributed by atoms with van der Waals surface area (Å²) in [5.74, 6) is -1.33. The molecule has 0 saturated heterocycles. The fourth-order valence-electron chi connectivity index (χ4n) is 4.67. The number of hydrogen-bond donors (Lipinski definition) is 3. The van der Waals surface area contributed by atoms with E-state index in [0.29, 0.717) is 24.3 Å². The van der Waals surface area contributed by atoms with Crippen molar-refractivity contribution in [2.45, 2.75) is 45.3 Å². The minimum Gasteiger partial charge on any atom is -0.481 e. The van der Waals surface area contributed by atoms with Gasteiger partial charge in [0, 0.05) is 37.4 Å². The Morgan fingerprint density at radius 3 is 2.62 bits per heavy atom. The van der Waals surface area contributed by atoms with E-state index in [0.717, 1.165) is 30.5 Å². The Balaban J connectivity index is 1.48. The van der Waals surface area contributed by atoms with E-state index >= 15 is 0 Å². The summed E-state index contributed by atoms with van der Waals surface area (Å²) in [5, 5.41) is 22.9. The molecule has 3 aromatic rings. The first-order chi connectivity index (χ1) is 16.4. The van der Waals surface area contributed by atoms with Crippen LogP contribution in [0, 0.1) is 12.7 Å². The summed E-state index contributed by atoms with van der Waals surface area (Å²) in [6.07, 6.45) is 1.60. The third-order valence-electron chi connectivity index (χ3n) is 6.54. The van der Waals surface area contributed by atoms with Crippen molar-refractivity contribution in [2.24, 2.45) is 0 Å². The van der Waals surface area contributed by atoms with Crippen molar-refractivity contribution in [3.8, 4) is 0 Å². The molecule has 0 fully saturated rings. The highest BCUT2D eigenvalue weighted by Crippen LogP contribution is 2.34. The predicted molar refractivity (Wildman–Crippen MR) is 133 cm³/mol. The monoisotopic (exact) mass is 462 g/mol. The molecule has 0 radical (unpaired) electrons. The van der Waals surface area contributed by atoms with Gasteiger partial charge in [-0.05, 0) is 66.1 Å². The van der Waals surface area contributed by atoms with Gasteiger partial charge in [0.2, 0.25) is 0 Å². The van der Waals surface area contributed by atoms with Crippen LogP contribution in [0.1, 0.15) is 46.8 Å².